The minimum atomic E-state index is -0.206. The van der Waals surface area contributed by atoms with Crippen LogP contribution < -0.4 is 15.4 Å². The average Bonchev–Trinajstić information content (AvgIpc) is 2.73. The van der Waals surface area contributed by atoms with E-state index in [1.54, 1.807) is 42.5 Å². The summed E-state index contributed by atoms with van der Waals surface area (Å²) in [5, 5.41) is 15.5. The number of amides is 1. The van der Waals surface area contributed by atoms with Crippen LogP contribution in [0.2, 0.25) is 5.02 Å². The molecule has 0 aromatic heterocycles. The third-order valence-corrected chi connectivity index (χ3v) is 4.20. The molecule has 5 nitrogen and oxygen atoms in total. The van der Waals surface area contributed by atoms with Gasteiger partial charge in [-0.2, -0.15) is 5.26 Å². The van der Waals surface area contributed by atoms with Gasteiger partial charge in [-0.25, -0.2) is 0 Å². The number of rotatable bonds is 7. The number of nitrogens with zero attached hydrogens (tertiary/aromatic N) is 1. The van der Waals surface area contributed by atoms with Crippen LogP contribution in [0.1, 0.15) is 11.1 Å². The van der Waals surface area contributed by atoms with E-state index in [0.717, 1.165) is 5.56 Å². The van der Waals surface area contributed by atoms with Crippen LogP contribution in [0.5, 0.6) is 5.75 Å². The second kappa shape index (κ2) is 9.45. The molecule has 3 aromatic rings. The number of benzene rings is 3. The Labute approximate surface area is 168 Å². The van der Waals surface area contributed by atoms with Crippen molar-refractivity contribution in [1.82, 2.24) is 0 Å². The molecular formula is C22H18ClN3O2. The van der Waals surface area contributed by atoms with Crippen LogP contribution in [0.15, 0.2) is 72.8 Å². The molecule has 0 radical (unpaired) electrons. The van der Waals surface area contributed by atoms with Crippen LogP contribution in [0.3, 0.4) is 0 Å². The first-order chi connectivity index (χ1) is 13.6. The number of carbonyl (C=O) groups is 1. The molecule has 2 N–H and O–H groups in total. The molecule has 0 bridgehead atoms. The Morgan fingerprint density at radius 3 is 2.43 bits per heavy atom. The van der Waals surface area contributed by atoms with Gasteiger partial charge in [-0.15, -0.1) is 0 Å². The van der Waals surface area contributed by atoms with Crippen LogP contribution in [0, 0.1) is 11.3 Å². The SMILES string of the molecule is N#Cc1ccccc1NCC(=O)Nc1ccc(OCc2ccc(Cl)cc2)cc1. The van der Waals surface area contributed by atoms with Gasteiger partial charge in [0.25, 0.3) is 0 Å². The molecule has 0 saturated carbocycles. The first-order valence-corrected chi connectivity index (χ1v) is 9.02. The predicted molar refractivity (Wildman–Crippen MR) is 111 cm³/mol. The summed E-state index contributed by atoms with van der Waals surface area (Å²) >= 11 is 5.87. The molecule has 0 aliphatic rings. The lowest BCUT2D eigenvalue weighted by Gasteiger charge is -2.10. The maximum atomic E-state index is 12.1. The van der Waals surface area contributed by atoms with Gasteiger partial charge in [0.2, 0.25) is 5.91 Å². The van der Waals surface area contributed by atoms with Crippen LogP contribution in [-0.2, 0) is 11.4 Å². The van der Waals surface area contributed by atoms with Crippen molar-refractivity contribution in [1.29, 1.82) is 5.26 Å². The van der Waals surface area contributed by atoms with E-state index >= 15 is 0 Å². The molecule has 28 heavy (non-hydrogen) atoms. The Bertz CT molecular complexity index is 980. The summed E-state index contributed by atoms with van der Waals surface area (Å²) in [7, 11) is 0. The van der Waals surface area contributed by atoms with Crippen molar-refractivity contribution in [2.45, 2.75) is 6.61 Å². The number of para-hydroxylation sites is 1. The molecule has 0 aliphatic carbocycles. The summed E-state index contributed by atoms with van der Waals surface area (Å²) in [6.45, 7) is 0.499. The molecule has 1 amide bonds. The molecule has 0 heterocycles. The van der Waals surface area contributed by atoms with E-state index in [4.69, 9.17) is 21.6 Å². The summed E-state index contributed by atoms with van der Waals surface area (Å²) in [6.07, 6.45) is 0. The number of nitrogens with one attached hydrogen (secondary N) is 2. The third kappa shape index (κ3) is 5.50. The fraction of sp³-hybridized carbons (Fsp3) is 0.0909. The number of nitriles is 1. The average molecular weight is 392 g/mol. The van der Waals surface area contributed by atoms with E-state index in [0.29, 0.717) is 34.3 Å². The Morgan fingerprint density at radius 1 is 1.00 bits per heavy atom. The Morgan fingerprint density at radius 2 is 1.71 bits per heavy atom. The zero-order chi connectivity index (χ0) is 19.8. The molecule has 3 rings (SSSR count). The minimum absolute atomic E-state index is 0.0630. The molecule has 6 heteroatoms. The molecule has 0 spiro atoms. The summed E-state index contributed by atoms with van der Waals surface area (Å²) in [5.74, 6) is 0.497. The number of carbonyl (C=O) groups excluding carboxylic acids is 1. The molecule has 0 unspecified atom stereocenters. The lowest BCUT2D eigenvalue weighted by atomic mass is 10.2. The van der Waals surface area contributed by atoms with E-state index in [1.165, 1.54) is 0 Å². The smallest absolute Gasteiger partial charge is 0.243 e. The van der Waals surface area contributed by atoms with Gasteiger partial charge in [0.05, 0.1) is 17.8 Å². The fourth-order valence-electron chi connectivity index (χ4n) is 2.50. The van der Waals surface area contributed by atoms with Crippen molar-refractivity contribution in [3.63, 3.8) is 0 Å². The first-order valence-electron chi connectivity index (χ1n) is 8.64. The van der Waals surface area contributed by atoms with Crippen LogP contribution >= 0.6 is 11.6 Å². The summed E-state index contributed by atoms with van der Waals surface area (Å²) in [6, 6.07) is 23.7. The van der Waals surface area contributed by atoms with Crippen molar-refractivity contribution < 1.29 is 9.53 Å². The van der Waals surface area contributed by atoms with Gasteiger partial charge in [-0.3, -0.25) is 4.79 Å². The highest BCUT2D eigenvalue weighted by Gasteiger charge is 2.05. The Kier molecular flexibility index (Phi) is 6.50. The maximum absolute atomic E-state index is 12.1. The van der Waals surface area contributed by atoms with Crippen LogP contribution in [0.4, 0.5) is 11.4 Å². The van der Waals surface area contributed by atoms with Crippen molar-refractivity contribution in [2.24, 2.45) is 0 Å². The third-order valence-electron chi connectivity index (χ3n) is 3.94. The summed E-state index contributed by atoms with van der Waals surface area (Å²) in [4.78, 5) is 12.1. The molecule has 0 aliphatic heterocycles. The Hall–Kier alpha value is -3.49. The highest BCUT2D eigenvalue weighted by Crippen LogP contribution is 2.18. The molecule has 0 atom stereocenters. The van der Waals surface area contributed by atoms with Gasteiger partial charge in [0.15, 0.2) is 0 Å². The normalized spacial score (nSPS) is 10.0. The van der Waals surface area contributed by atoms with E-state index in [1.807, 2.05) is 30.3 Å². The molecule has 3 aromatic carbocycles. The predicted octanol–water partition coefficient (Wildman–Crippen LogP) is 4.84. The molecular weight excluding hydrogens is 374 g/mol. The maximum Gasteiger partial charge on any atom is 0.243 e. The van der Waals surface area contributed by atoms with Gasteiger partial charge < -0.3 is 15.4 Å². The topological polar surface area (TPSA) is 74.2 Å². The second-order valence-corrected chi connectivity index (χ2v) is 6.44. The molecule has 140 valence electrons. The van der Waals surface area contributed by atoms with E-state index in [2.05, 4.69) is 16.7 Å². The zero-order valence-corrected chi connectivity index (χ0v) is 15.7. The van der Waals surface area contributed by atoms with Crippen molar-refractivity contribution >= 4 is 28.9 Å². The van der Waals surface area contributed by atoms with Crippen LogP contribution in [-0.4, -0.2) is 12.5 Å². The van der Waals surface area contributed by atoms with Crippen LogP contribution in [0.25, 0.3) is 0 Å². The van der Waals surface area contributed by atoms with Crippen molar-refractivity contribution in [2.75, 3.05) is 17.2 Å². The van der Waals surface area contributed by atoms with Gasteiger partial charge in [-0.05, 0) is 54.1 Å². The van der Waals surface area contributed by atoms with E-state index < -0.39 is 0 Å². The van der Waals surface area contributed by atoms with Gasteiger partial charge in [-0.1, -0.05) is 35.9 Å². The van der Waals surface area contributed by atoms with Gasteiger partial charge >= 0.3 is 0 Å². The lowest BCUT2D eigenvalue weighted by molar-refractivity contribution is -0.114. The lowest BCUT2D eigenvalue weighted by Crippen LogP contribution is -2.22. The molecule has 0 fully saturated rings. The summed E-state index contributed by atoms with van der Waals surface area (Å²) < 4.78 is 5.72. The standard InChI is InChI=1S/C22H18ClN3O2/c23-18-7-5-16(6-8-18)15-28-20-11-9-19(10-12-20)26-22(27)14-25-21-4-2-1-3-17(21)13-24/h1-12,25H,14-15H2,(H,26,27). The van der Waals surface area contributed by atoms with Gasteiger partial charge in [0.1, 0.15) is 18.4 Å². The largest absolute Gasteiger partial charge is 0.489 e. The minimum Gasteiger partial charge on any atom is -0.489 e. The van der Waals surface area contributed by atoms with Gasteiger partial charge in [0, 0.05) is 10.7 Å². The zero-order valence-electron chi connectivity index (χ0n) is 15.0. The number of anilines is 2. The molecule has 0 saturated heterocycles. The number of halogens is 1. The first kappa shape index (κ1) is 19.3. The number of ether oxygens (including phenoxy) is 1. The number of hydrogen-bond acceptors (Lipinski definition) is 4. The van der Waals surface area contributed by atoms with Crippen molar-refractivity contribution in [3.8, 4) is 11.8 Å². The quantitative estimate of drug-likeness (QED) is 0.604. The Balaban J connectivity index is 1.48. The van der Waals surface area contributed by atoms with E-state index in [-0.39, 0.29) is 12.5 Å². The summed E-state index contributed by atoms with van der Waals surface area (Å²) in [5.41, 5.74) is 2.81. The monoisotopic (exact) mass is 391 g/mol. The van der Waals surface area contributed by atoms with E-state index in [9.17, 15) is 4.79 Å². The highest BCUT2D eigenvalue weighted by molar-refractivity contribution is 6.30. The van der Waals surface area contributed by atoms with Crippen molar-refractivity contribution in [3.05, 3.63) is 88.9 Å². The fourth-order valence-corrected chi connectivity index (χ4v) is 2.62. The second-order valence-electron chi connectivity index (χ2n) is 6.00. The highest BCUT2D eigenvalue weighted by atomic mass is 35.5. The number of hydrogen-bond donors (Lipinski definition) is 2.